The van der Waals surface area contributed by atoms with Crippen LogP contribution < -0.4 is 0 Å². The molecule has 0 N–H and O–H groups in total. The number of aromatic nitrogens is 1. The lowest BCUT2D eigenvalue weighted by Gasteiger charge is -2.16. The van der Waals surface area contributed by atoms with Crippen LogP contribution in [0.3, 0.4) is 0 Å². The van der Waals surface area contributed by atoms with Crippen molar-refractivity contribution in [3.05, 3.63) is 42.2 Å². The minimum absolute atomic E-state index is 0.449. The minimum atomic E-state index is 0.449. The molecule has 1 unspecified atom stereocenters. The van der Waals surface area contributed by atoms with Crippen molar-refractivity contribution in [2.24, 2.45) is 5.92 Å². The van der Waals surface area contributed by atoms with Gasteiger partial charge in [0, 0.05) is 21.7 Å². The molecular formula is C14H18BrN. The summed E-state index contributed by atoms with van der Waals surface area (Å²) in [5.41, 5.74) is 3.01. The van der Waals surface area contributed by atoms with E-state index in [0.29, 0.717) is 11.8 Å². The highest BCUT2D eigenvalue weighted by molar-refractivity contribution is 9.15. The second-order valence-electron chi connectivity index (χ2n) is 4.32. The fraction of sp³-hybridized carbons (Fsp3) is 0.357. The van der Waals surface area contributed by atoms with E-state index >= 15 is 0 Å². The summed E-state index contributed by atoms with van der Waals surface area (Å²) in [6.45, 7) is 14.3. The van der Waals surface area contributed by atoms with Crippen LogP contribution in [-0.4, -0.2) is 4.98 Å². The van der Waals surface area contributed by atoms with Gasteiger partial charge in [-0.1, -0.05) is 46.1 Å². The van der Waals surface area contributed by atoms with Crippen molar-refractivity contribution >= 4 is 26.5 Å². The molecule has 1 atom stereocenters. The van der Waals surface area contributed by atoms with Gasteiger partial charge in [-0.05, 0) is 27.9 Å². The highest BCUT2D eigenvalue weighted by Crippen LogP contribution is 2.27. The van der Waals surface area contributed by atoms with Crippen molar-refractivity contribution in [3.8, 4) is 0 Å². The Morgan fingerprint density at radius 2 is 2.00 bits per heavy atom. The van der Waals surface area contributed by atoms with E-state index in [1.54, 1.807) is 6.08 Å². The Bertz CT molecular complexity index is 407. The van der Waals surface area contributed by atoms with Crippen molar-refractivity contribution in [1.82, 2.24) is 4.98 Å². The zero-order valence-corrected chi connectivity index (χ0v) is 11.7. The normalized spacial score (nSPS) is 12.6. The van der Waals surface area contributed by atoms with E-state index in [2.05, 4.69) is 67.0 Å². The molecule has 0 saturated carbocycles. The first kappa shape index (κ1) is 13.2. The van der Waals surface area contributed by atoms with Crippen molar-refractivity contribution in [2.75, 3.05) is 0 Å². The van der Waals surface area contributed by atoms with Gasteiger partial charge in [0.1, 0.15) is 0 Å². The first-order valence-corrected chi connectivity index (χ1v) is 6.24. The van der Waals surface area contributed by atoms with Crippen LogP contribution in [0.1, 0.15) is 43.6 Å². The smallest absolute Gasteiger partial charge is 0.0841 e. The zero-order chi connectivity index (χ0) is 12.3. The van der Waals surface area contributed by atoms with Crippen LogP contribution in [0, 0.1) is 5.92 Å². The zero-order valence-electron chi connectivity index (χ0n) is 10.1. The van der Waals surface area contributed by atoms with Crippen LogP contribution in [0.2, 0.25) is 0 Å². The summed E-state index contributed by atoms with van der Waals surface area (Å²) < 4.78 is 0.806. The van der Waals surface area contributed by atoms with Gasteiger partial charge in [0.05, 0.1) is 5.69 Å². The average Bonchev–Trinajstić information content (AvgIpc) is 2.26. The van der Waals surface area contributed by atoms with Gasteiger partial charge in [-0.15, -0.1) is 0 Å². The molecule has 1 aromatic heterocycles. The molecular weight excluding hydrogens is 262 g/mol. The van der Waals surface area contributed by atoms with E-state index in [-0.39, 0.29) is 0 Å². The van der Waals surface area contributed by atoms with Gasteiger partial charge >= 0.3 is 0 Å². The van der Waals surface area contributed by atoms with Crippen molar-refractivity contribution in [2.45, 2.75) is 26.7 Å². The molecule has 86 valence electrons. The highest BCUT2D eigenvalue weighted by Gasteiger charge is 2.13. The molecule has 1 aromatic rings. The van der Waals surface area contributed by atoms with Gasteiger partial charge < -0.3 is 0 Å². The Kier molecular flexibility index (Phi) is 4.48. The third kappa shape index (κ3) is 2.82. The SMILES string of the molecule is C=Cc1ccc(C(C)C(C)C)nc1C(=C)Br. The fourth-order valence-electron chi connectivity index (χ4n) is 1.46. The minimum Gasteiger partial charge on any atom is -0.251 e. The van der Waals surface area contributed by atoms with Gasteiger partial charge in [-0.25, -0.2) is 0 Å². The second-order valence-corrected chi connectivity index (χ2v) is 5.27. The lowest BCUT2D eigenvalue weighted by atomic mass is 9.93. The Labute approximate surface area is 106 Å². The third-order valence-electron chi connectivity index (χ3n) is 2.89. The standard InChI is InChI=1S/C14H18BrN/c1-6-12-7-8-13(10(4)9(2)3)16-14(12)11(5)15/h6-10H,1,5H2,2-4H3. The third-order valence-corrected chi connectivity index (χ3v) is 3.27. The lowest BCUT2D eigenvalue weighted by molar-refractivity contribution is 0.523. The van der Waals surface area contributed by atoms with Crippen LogP contribution in [0.25, 0.3) is 10.6 Å². The first-order chi connectivity index (χ1) is 7.47. The molecule has 16 heavy (non-hydrogen) atoms. The number of nitrogens with zero attached hydrogens (tertiary/aromatic N) is 1. The van der Waals surface area contributed by atoms with E-state index in [1.807, 2.05) is 0 Å². The van der Waals surface area contributed by atoms with E-state index in [1.165, 1.54) is 0 Å². The highest BCUT2D eigenvalue weighted by atomic mass is 79.9. The summed E-state index contributed by atoms with van der Waals surface area (Å²) >= 11 is 3.39. The second kappa shape index (κ2) is 5.44. The summed E-state index contributed by atoms with van der Waals surface area (Å²) in [6, 6.07) is 4.12. The van der Waals surface area contributed by atoms with Gasteiger partial charge in [0.25, 0.3) is 0 Å². The monoisotopic (exact) mass is 279 g/mol. The molecule has 0 fully saturated rings. The molecule has 0 bridgehead atoms. The molecule has 0 spiro atoms. The lowest BCUT2D eigenvalue weighted by Crippen LogP contribution is -2.06. The molecule has 1 rings (SSSR count). The summed E-state index contributed by atoms with van der Waals surface area (Å²) in [4.78, 5) is 4.65. The van der Waals surface area contributed by atoms with E-state index in [4.69, 9.17) is 0 Å². The van der Waals surface area contributed by atoms with Crippen molar-refractivity contribution in [1.29, 1.82) is 0 Å². The van der Waals surface area contributed by atoms with Crippen LogP contribution >= 0.6 is 15.9 Å². The Hall–Kier alpha value is -0.890. The summed E-state index contributed by atoms with van der Waals surface area (Å²) in [7, 11) is 0. The van der Waals surface area contributed by atoms with E-state index in [9.17, 15) is 0 Å². The first-order valence-electron chi connectivity index (χ1n) is 5.45. The molecule has 0 aromatic carbocycles. The van der Waals surface area contributed by atoms with Crippen molar-refractivity contribution < 1.29 is 0 Å². The summed E-state index contributed by atoms with van der Waals surface area (Å²) in [6.07, 6.45) is 1.80. The van der Waals surface area contributed by atoms with E-state index in [0.717, 1.165) is 21.4 Å². The summed E-state index contributed by atoms with van der Waals surface area (Å²) in [5.74, 6) is 1.03. The predicted molar refractivity (Wildman–Crippen MR) is 75.5 cm³/mol. The number of pyridine rings is 1. The van der Waals surface area contributed by atoms with Crippen LogP contribution in [0.15, 0.2) is 25.3 Å². The van der Waals surface area contributed by atoms with Crippen LogP contribution in [-0.2, 0) is 0 Å². The Morgan fingerprint density at radius 3 is 2.44 bits per heavy atom. The average molecular weight is 280 g/mol. The van der Waals surface area contributed by atoms with Gasteiger partial charge in [0.15, 0.2) is 0 Å². The maximum Gasteiger partial charge on any atom is 0.0841 e. The number of hydrogen-bond acceptors (Lipinski definition) is 1. The molecule has 1 heterocycles. The molecule has 0 amide bonds. The molecule has 0 aliphatic heterocycles. The molecule has 0 saturated heterocycles. The molecule has 0 radical (unpaired) electrons. The summed E-state index contributed by atoms with van der Waals surface area (Å²) in [5, 5.41) is 0. The Balaban J connectivity index is 3.21. The predicted octanol–water partition coefficient (Wildman–Crippen LogP) is 4.85. The van der Waals surface area contributed by atoms with Crippen molar-refractivity contribution in [3.63, 3.8) is 0 Å². The van der Waals surface area contributed by atoms with Gasteiger partial charge in [-0.3, -0.25) is 4.98 Å². The fourth-order valence-corrected chi connectivity index (χ4v) is 1.78. The van der Waals surface area contributed by atoms with Gasteiger partial charge in [0.2, 0.25) is 0 Å². The number of hydrogen-bond donors (Lipinski definition) is 0. The maximum absolute atomic E-state index is 4.65. The quantitative estimate of drug-likeness (QED) is 0.768. The number of rotatable bonds is 4. The molecule has 0 aliphatic rings. The Morgan fingerprint density at radius 1 is 1.38 bits per heavy atom. The van der Waals surface area contributed by atoms with Gasteiger partial charge in [-0.2, -0.15) is 0 Å². The van der Waals surface area contributed by atoms with Crippen LogP contribution in [0.5, 0.6) is 0 Å². The topological polar surface area (TPSA) is 12.9 Å². The molecule has 0 aliphatic carbocycles. The maximum atomic E-state index is 4.65. The molecule has 2 heteroatoms. The number of halogens is 1. The molecule has 1 nitrogen and oxygen atoms in total. The van der Waals surface area contributed by atoms with E-state index < -0.39 is 0 Å². The van der Waals surface area contributed by atoms with Crippen LogP contribution in [0.4, 0.5) is 0 Å². The largest absolute Gasteiger partial charge is 0.251 e.